The number of nitrogens with zero attached hydrogens (tertiary/aromatic N) is 3. The highest BCUT2D eigenvalue weighted by atomic mass is 16.5. The topological polar surface area (TPSA) is 91.8 Å². The Kier molecular flexibility index (Phi) is 7.24. The van der Waals surface area contributed by atoms with Gasteiger partial charge in [-0.05, 0) is 55.8 Å². The van der Waals surface area contributed by atoms with Gasteiger partial charge in [-0.15, -0.1) is 0 Å². The number of pyridine rings is 1. The molecule has 2 aliphatic heterocycles. The van der Waals surface area contributed by atoms with Gasteiger partial charge in [-0.3, -0.25) is 24.3 Å². The van der Waals surface area contributed by atoms with E-state index in [0.29, 0.717) is 43.6 Å². The normalized spacial score (nSPS) is 18.4. The fourth-order valence-corrected chi connectivity index (χ4v) is 5.15. The zero-order valence-corrected chi connectivity index (χ0v) is 21.7. The molecule has 0 radical (unpaired) electrons. The summed E-state index contributed by atoms with van der Waals surface area (Å²) >= 11 is 0. The number of amides is 3. The Morgan fingerprint density at radius 1 is 0.868 bits per heavy atom. The zero-order valence-electron chi connectivity index (χ0n) is 21.7. The molecule has 1 atom stereocenters. The summed E-state index contributed by atoms with van der Waals surface area (Å²) in [6.07, 6.45) is 4.20. The number of hydrogen-bond donors (Lipinski definition) is 1. The van der Waals surface area contributed by atoms with Gasteiger partial charge in [0.2, 0.25) is 5.91 Å². The molecule has 2 fully saturated rings. The highest BCUT2D eigenvalue weighted by Crippen LogP contribution is 2.39. The van der Waals surface area contributed by atoms with Gasteiger partial charge in [-0.25, -0.2) is 0 Å². The molecule has 0 unspecified atom stereocenters. The molecule has 0 bridgehead atoms. The van der Waals surface area contributed by atoms with Crippen molar-refractivity contribution >= 4 is 17.7 Å². The average Bonchev–Trinajstić information content (AvgIpc) is 3.31. The second-order valence-corrected chi connectivity index (χ2v) is 10.0. The molecule has 2 saturated heterocycles. The van der Waals surface area contributed by atoms with Gasteiger partial charge in [0.25, 0.3) is 11.8 Å². The molecule has 3 amide bonds. The van der Waals surface area contributed by atoms with Crippen molar-refractivity contribution in [3.63, 3.8) is 0 Å². The van der Waals surface area contributed by atoms with Gasteiger partial charge < -0.3 is 15.0 Å². The lowest BCUT2D eigenvalue weighted by Crippen LogP contribution is -2.59. The summed E-state index contributed by atoms with van der Waals surface area (Å²) < 4.78 is 6.29. The molecule has 8 heteroatoms. The fraction of sp³-hybridized carbons (Fsp3) is 0.333. The SMILES string of the molecule is Cc1ccc(C(=O)N2CCC3(CC2)OC[C@@H](C(=O)NCc2ccncc2)N3C(=O)c2ccc(C)cc2)cc1. The largest absolute Gasteiger partial charge is 0.353 e. The van der Waals surface area contributed by atoms with Crippen LogP contribution in [0.1, 0.15) is 50.2 Å². The van der Waals surface area contributed by atoms with Crippen molar-refractivity contribution in [2.45, 2.75) is 45.0 Å². The van der Waals surface area contributed by atoms with Crippen molar-refractivity contribution in [3.05, 3.63) is 101 Å². The Balaban J connectivity index is 1.36. The maximum Gasteiger partial charge on any atom is 0.256 e. The van der Waals surface area contributed by atoms with Crippen molar-refractivity contribution in [3.8, 4) is 0 Å². The van der Waals surface area contributed by atoms with Crippen LogP contribution in [0.25, 0.3) is 0 Å². The van der Waals surface area contributed by atoms with Gasteiger partial charge in [-0.2, -0.15) is 0 Å². The van der Waals surface area contributed by atoms with E-state index in [-0.39, 0.29) is 24.3 Å². The standard InChI is InChI=1S/C30H32N4O4/c1-21-3-7-24(8-4-21)28(36)33-17-13-30(14-18-33)34(29(37)25-9-5-22(2)6-10-25)26(20-38-30)27(35)32-19-23-11-15-31-16-12-23/h3-12,15-16,26H,13-14,17-20H2,1-2H3,(H,32,35)/t26-/m0/s1. The molecule has 0 aliphatic carbocycles. The fourth-order valence-electron chi connectivity index (χ4n) is 5.15. The van der Waals surface area contributed by atoms with Gasteiger partial charge >= 0.3 is 0 Å². The molecular weight excluding hydrogens is 480 g/mol. The summed E-state index contributed by atoms with van der Waals surface area (Å²) in [6, 6.07) is 17.8. The predicted molar refractivity (Wildman–Crippen MR) is 142 cm³/mol. The van der Waals surface area contributed by atoms with Crippen LogP contribution >= 0.6 is 0 Å². The van der Waals surface area contributed by atoms with E-state index >= 15 is 0 Å². The lowest BCUT2D eigenvalue weighted by molar-refractivity contribution is -0.128. The molecule has 1 spiro atoms. The number of benzene rings is 2. The quantitative estimate of drug-likeness (QED) is 0.565. The number of aryl methyl sites for hydroxylation is 2. The second kappa shape index (κ2) is 10.8. The van der Waals surface area contributed by atoms with Gasteiger partial charge in [0.15, 0.2) is 0 Å². The van der Waals surface area contributed by atoms with Crippen LogP contribution in [0.15, 0.2) is 73.1 Å². The lowest BCUT2D eigenvalue weighted by atomic mass is 9.95. The first kappa shape index (κ1) is 25.6. The van der Waals surface area contributed by atoms with Crippen LogP contribution in [0.3, 0.4) is 0 Å². The Bertz CT molecular complexity index is 1300. The third-order valence-electron chi connectivity index (χ3n) is 7.43. The van der Waals surface area contributed by atoms with Gasteiger partial charge in [0.05, 0.1) is 6.61 Å². The Morgan fingerprint density at radius 3 is 2.00 bits per heavy atom. The molecule has 5 rings (SSSR count). The average molecular weight is 513 g/mol. The number of aromatic nitrogens is 1. The van der Waals surface area contributed by atoms with Crippen molar-refractivity contribution in [1.82, 2.24) is 20.1 Å². The van der Waals surface area contributed by atoms with Gasteiger partial charge in [0, 0.05) is 56.0 Å². The number of carbonyl (C=O) groups excluding carboxylic acids is 3. The highest BCUT2D eigenvalue weighted by molar-refractivity contribution is 5.98. The maximum absolute atomic E-state index is 13.9. The second-order valence-electron chi connectivity index (χ2n) is 10.0. The summed E-state index contributed by atoms with van der Waals surface area (Å²) in [6.45, 7) is 5.23. The molecular formula is C30H32N4O4. The van der Waals surface area contributed by atoms with Crippen molar-refractivity contribution in [2.75, 3.05) is 19.7 Å². The van der Waals surface area contributed by atoms with E-state index in [2.05, 4.69) is 10.3 Å². The molecule has 2 aliphatic rings. The maximum atomic E-state index is 13.9. The van der Waals surface area contributed by atoms with Crippen LogP contribution in [0.4, 0.5) is 0 Å². The smallest absolute Gasteiger partial charge is 0.256 e. The van der Waals surface area contributed by atoms with Gasteiger partial charge in [-0.1, -0.05) is 35.4 Å². The summed E-state index contributed by atoms with van der Waals surface area (Å²) in [4.78, 5) is 47.8. The monoisotopic (exact) mass is 512 g/mol. The van der Waals surface area contributed by atoms with E-state index in [1.54, 1.807) is 34.3 Å². The first-order valence-electron chi connectivity index (χ1n) is 12.9. The minimum Gasteiger partial charge on any atom is -0.353 e. The van der Waals surface area contributed by atoms with Crippen LogP contribution in [-0.4, -0.2) is 64.0 Å². The van der Waals surface area contributed by atoms with E-state index in [1.165, 1.54) is 0 Å². The van der Waals surface area contributed by atoms with Crippen LogP contribution in [0.2, 0.25) is 0 Å². The Morgan fingerprint density at radius 2 is 1.42 bits per heavy atom. The molecule has 2 aromatic carbocycles. The summed E-state index contributed by atoms with van der Waals surface area (Å²) in [5, 5.41) is 2.96. The molecule has 3 heterocycles. The summed E-state index contributed by atoms with van der Waals surface area (Å²) in [5.41, 5.74) is 3.25. The van der Waals surface area contributed by atoms with E-state index in [9.17, 15) is 14.4 Å². The number of hydrogen-bond acceptors (Lipinski definition) is 5. The molecule has 0 saturated carbocycles. The Hall–Kier alpha value is -4.04. The van der Waals surface area contributed by atoms with Crippen molar-refractivity contribution < 1.29 is 19.1 Å². The first-order chi connectivity index (χ1) is 18.4. The van der Waals surface area contributed by atoms with E-state index < -0.39 is 11.8 Å². The number of likely N-dealkylation sites (tertiary alicyclic amines) is 1. The van der Waals surface area contributed by atoms with Crippen molar-refractivity contribution in [1.29, 1.82) is 0 Å². The molecule has 1 aromatic heterocycles. The third kappa shape index (κ3) is 5.17. The van der Waals surface area contributed by atoms with Crippen molar-refractivity contribution in [2.24, 2.45) is 0 Å². The minimum absolute atomic E-state index is 0.0408. The third-order valence-corrected chi connectivity index (χ3v) is 7.43. The molecule has 38 heavy (non-hydrogen) atoms. The predicted octanol–water partition coefficient (Wildman–Crippen LogP) is 3.49. The Labute approximate surface area is 222 Å². The molecule has 1 N–H and O–H groups in total. The zero-order chi connectivity index (χ0) is 26.7. The van der Waals surface area contributed by atoms with Crippen LogP contribution < -0.4 is 5.32 Å². The number of rotatable bonds is 5. The number of carbonyl (C=O) groups is 3. The van der Waals surface area contributed by atoms with Crippen LogP contribution in [-0.2, 0) is 16.1 Å². The highest BCUT2D eigenvalue weighted by Gasteiger charge is 2.54. The first-order valence-corrected chi connectivity index (χ1v) is 12.9. The summed E-state index contributed by atoms with van der Waals surface area (Å²) in [5.74, 6) is -0.553. The van der Waals surface area contributed by atoms with E-state index in [0.717, 1.165) is 16.7 Å². The number of nitrogens with one attached hydrogen (secondary N) is 1. The van der Waals surface area contributed by atoms with Crippen LogP contribution in [0, 0.1) is 13.8 Å². The van der Waals surface area contributed by atoms with E-state index in [4.69, 9.17) is 4.74 Å². The number of ether oxygens (including phenoxy) is 1. The lowest BCUT2D eigenvalue weighted by Gasteiger charge is -2.44. The van der Waals surface area contributed by atoms with Crippen LogP contribution in [0.5, 0.6) is 0 Å². The van der Waals surface area contributed by atoms with E-state index in [1.807, 2.05) is 62.4 Å². The molecule has 196 valence electrons. The summed E-state index contributed by atoms with van der Waals surface area (Å²) in [7, 11) is 0. The molecule has 3 aromatic rings. The van der Waals surface area contributed by atoms with Gasteiger partial charge in [0.1, 0.15) is 11.8 Å². The number of piperidine rings is 1. The molecule has 8 nitrogen and oxygen atoms in total. The minimum atomic E-state index is -0.954.